The van der Waals surface area contributed by atoms with E-state index in [1.807, 2.05) is 0 Å². The molecule has 0 unspecified atom stereocenters. The molecule has 140 valence electrons. The zero-order chi connectivity index (χ0) is 19.8. The number of rotatable bonds is 8. The smallest absolute Gasteiger partial charge is 0.234 e. The molecule has 0 radical (unpaired) electrons. The molecule has 8 N–H and O–H groups in total. The van der Waals surface area contributed by atoms with Crippen molar-refractivity contribution in [2.75, 3.05) is 22.1 Å². The van der Waals surface area contributed by atoms with Crippen molar-refractivity contribution >= 4 is 46.6 Å². The highest BCUT2D eigenvalue weighted by Gasteiger charge is 2.07. The summed E-state index contributed by atoms with van der Waals surface area (Å²) in [6, 6.07) is 13.2. The fraction of sp³-hybridized carbons (Fsp3) is 0.111. The Hall–Kier alpha value is -3.33. The fourth-order valence-corrected chi connectivity index (χ4v) is 2.71. The molecule has 0 aliphatic heterocycles. The lowest BCUT2D eigenvalue weighted by Gasteiger charge is -2.07. The summed E-state index contributed by atoms with van der Waals surface area (Å²) >= 11 is 1.19. The molecule has 2 rings (SSSR count). The highest BCUT2D eigenvalue weighted by Crippen LogP contribution is 2.12. The van der Waals surface area contributed by atoms with Gasteiger partial charge in [-0.3, -0.25) is 20.4 Å². The molecule has 0 atom stereocenters. The first-order valence-electron chi connectivity index (χ1n) is 7.91. The third-order valence-corrected chi connectivity index (χ3v) is 4.36. The summed E-state index contributed by atoms with van der Waals surface area (Å²) in [4.78, 5) is 23.8. The molecule has 0 bridgehead atoms. The van der Waals surface area contributed by atoms with E-state index in [1.165, 1.54) is 11.8 Å². The van der Waals surface area contributed by atoms with Crippen molar-refractivity contribution in [2.24, 2.45) is 11.5 Å². The molecule has 27 heavy (non-hydrogen) atoms. The van der Waals surface area contributed by atoms with Gasteiger partial charge in [0.25, 0.3) is 0 Å². The van der Waals surface area contributed by atoms with Gasteiger partial charge in [0.1, 0.15) is 11.7 Å². The van der Waals surface area contributed by atoms with Crippen LogP contribution >= 0.6 is 11.8 Å². The highest BCUT2D eigenvalue weighted by molar-refractivity contribution is 8.00. The Morgan fingerprint density at radius 2 is 1.07 bits per heavy atom. The Kier molecular flexibility index (Phi) is 6.95. The number of nitrogens with two attached hydrogens (primary N) is 2. The van der Waals surface area contributed by atoms with Crippen molar-refractivity contribution < 1.29 is 9.59 Å². The number of nitrogen functional groups attached to an aromatic ring is 2. The van der Waals surface area contributed by atoms with Crippen molar-refractivity contribution in [1.82, 2.24) is 0 Å². The standard InChI is InChI=1S/C18H20N6O2S/c19-17(20)11-1-5-13(6-2-11)23-15(25)9-27-10-16(26)24-14-7-3-12(4-8-14)18(21)22/h1-8H,9-10H2,(H3,19,20)(H3,21,22)(H,23,25)(H,24,26). The van der Waals surface area contributed by atoms with Crippen LogP contribution in [0, 0.1) is 10.8 Å². The maximum atomic E-state index is 11.9. The van der Waals surface area contributed by atoms with Crippen LogP contribution in [0.15, 0.2) is 48.5 Å². The monoisotopic (exact) mass is 384 g/mol. The second-order valence-corrected chi connectivity index (χ2v) is 6.56. The predicted molar refractivity (Wildman–Crippen MR) is 110 cm³/mol. The maximum Gasteiger partial charge on any atom is 0.234 e. The molecule has 2 amide bonds. The van der Waals surface area contributed by atoms with E-state index in [4.69, 9.17) is 22.3 Å². The first-order valence-corrected chi connectivity index (χ1v) is 9.07. The third kappa shape index (κ3) is 6.48. The number of carbonyl (C=O) groups excluding carboxylic acids is 2. The van der Waals surface area contributed by atoms with Gasteiger partial charge in [-0.25, -0.2) is 0 Å². The van der Waals surface area contributed by atoms with Crippen LogP contribution in [0.3, 0.4) is 0 Å². The lowest BCUT2D eigenvalue weighted by atomic mass is 10.2. The third-order valence-electron chi connectivity index (χ3n) is 3.43. The predicted octanol–water partition coefficient (Wildman–Crippen LogP) is 1.57. The number of amides is 2. The van der Waals surface area contributed by atoms with Crippen molar-refractivity contribution in [1.29, 1.82) is 10.8 Å². The summed E-state index contributed by atoms with van der Waals surface area (Å²) in [5.41, 5.74) is 13.1. The highest BCUT2D eigenvalue weighted by atomic mass is 32.2. The van der Waals surface area contributed by atoms with Crippen LogP contribution in [0.4, 0.5) is 11.4 Å². The quantitative estimate of drug-likeness (QED) is 0.301. The first-order chi connectivity index (χ1) is 12.8. The van der Waals surface area contributed by atoms with Crippen LogP contribution in [0.1, 0.15) is 11.1 Å². The van der Waals surface area contributed by atoms with Crippen LogP contribution in [0.25, 0.3) is 0 Å². The minimum absolute atomic E-state index is 0.0367. The summed E-state index contributed by atoms with van der Waals surface area (Å²) in [5, 5.41) is 20.1. The van der Waals surface area contributed by atoms with Crippen molar-refractivity contribution in [3.05, 3.63) is 59.7 Å². The normalized spacial score (nSPS) is 10.1. The maximum absolute atomic E-state index is 11.9. The van der Waals surface area contributed by atoms with E-state index in [-0.39, 0.29) is 35.0 Å². The van der Waals surface area contributed by atoms with E-state index in [9.17, 15) is 9.59 Å². The molecule has 0 saturated heterocycles. The van der Waals surface area contributed by atoms with E-state index >= 15 is 0 Å². The number of hydrogen-bond donors (Lipinski definition) is 6. The number of hydrogen-bond acceptors (Lipinski definition) is 5. The number of amidine groups is 2. The van der Waals surface area contributed by atoms with Crippen LogP contribution in [-0.2, 0) is 9.59 Å². The van der Waals surface area contributed by atoms with Gasteiger partial charge >= 0.3 is 0 Å². The molecule has 0 aromatic heterocycles. The zero-order valence-corrected chi connectivity index (χ0v) is 15.2. The molecule has 0 spiro atoms. The Labute approximate surface area is 160 Å². The van der Waals surface area contributed by atoms with Crippen molar-refractivity contribution in [2.45, 2.75) is 0 Å². The summed E-state index contributed by atoms with van der Waals surface area (Å²) in [5.74, 6) is -0.268. The Balaban J connectivity index is 1.73. The minimum Gasteiger partial charge on any atom is -0.384 e. The van der Waals surface area contributed by atoms with Gasteiger partial charge in [-0.15, -0.1) is 11.8 Å². The summed E-state index contributed by atoms with van der Waals surface area (Å²) < 4.78 is 0. The molecular formula is C18H20N6O2S. The van der Waals surface area contributed by atoms with Gasteiger partial charge in [0.05, 0.1) is 11.5 Å². The van der Waals surface area contributed by atoms with Gasteiger partial charge in [0.15, 0.2) is 0 Å². The molecular weight excluding hydrogens is 364 g/mol. The molecule has 2 aromatic carbocycles. The first kappa shape index (κ1) is 20.0. The molecule has 8 nitrogen and oxygen atoms in total. The van der Waals surface area contributed by atoms with E-state index in [1.54, 1.807) is 48.5 Å². The number of nitrogens with one attached hydrogen (secondary N) is 4. The van der Waals surface area contributed by atoms with E-state index in [2.05, 4.69) is 10.6 Å². The number of carbonyl (C=O) groups is 2. The van der Waals surface area contributed by atoms with E-state index in [0.717, 1.165) is 0 Å². The van der Waals surface area contributed by atoms with Gasteiger partial charge in [0, 0.05) is 22.5 Å². The molecule has 2 aromatic rings. The summed E-state index contributed by atoms with van der Waals surface area (Å²) in [7, 11) is 0. The second kappa shape index (κ2) is 9.39. The molecule has 0 heterocycles. The van der Waals surface area contributed by atoms with Gasteiger partial charge in [-0.05, 0) is 48.5 Å². The van der Waals surface area contributed by atoms with Gasteiger partial charge in [-0.1, -0.05) is 0 Å². The van der Waals surface area contributed by atoms with Gasteiger partial charge in [0.2, 0.25) is 11.8 Å². The van der Waals surface area contributed by atoms with Crippen molar-refractivity contribution in [3.8, 4) is 0 Å². The van der Waals surface area contributed by atoms with Gasteiger partial charge in [-0.2, -0.15) is 0 Å². The Morgan fingerprint density at radius 1 is 0.741 bits per heavy atom. The number of thioether (sulfide) groups is 1. The van der Waals surface area contributed by atoms with Gasteiger partial charge < -0.3 is 22.1 Å². The van der Waals surface area contributed by atoms with E-state index < -0.39 is 0 Å². The van der Waals surface area contributed by atoms with Crippen molar-refractivity contribution in [3.63, 3.8) is 0 Å². The molecule has 0 saturated carbocycles. The Bertz CT molecular complexity index is 778. The van der Waals surface area contributed by atoms with E-state index in [0.29, 0.717) is 22.5 Å². The topological polar surface area (TPSA) is 158 Å². The van der Waals surface area contributed by atoms with Crippen LogP contribution in [0.5, 0.6) is 0 Å². The zero-order valence-electron chi connectivity index (χ0n) is 14.4. The molecule has 0 fully saturated rings. The number of anilines is 2. The average molecular weight is 384 g/mol. The second-order valence-electron chi connectivity index (χ2n) is 5.57. The SMILES string of the molecule is N=C(N)c1ccc(NC(=O)CSCC(=O)Nc2ccc(C(=N)N)cc2)cc1. The lowest BCUT2D eigenvalue weighted by Crippen LogP contribution is -2.18. The number of benzene rings is 2. The molecule has 0 aliphatic carbocycles. The molecule has 9 heteroatoms. The largest absolute Gasteiger partial charge is 0.384 e. The van der Waals surface area contributed by atoms with Crippen LogP contribution < -0.4 is 22.1 Å². The lowest BCUT2D eigenvalue weighted by molar-refractivity contribution is -0.114. The Morgan fingerprint density at radius 3 is 1.37 bits per heavy atom. The molecule has 0 aliphatic rings. The van der Waals surface area contributed by atoms with Crippen LogP contribution in [-0.4, -0.2) is 35.0 Å². The minimum atomic E-state index is -0.228. The fourth-order valence-electron chi connectivity index (χ4n) is 2.10. The van der Waals surface area contributed by atoms with Crippen LogP contribution in [0.2, 0.25) is 0 Å². The summed E-state index contributed by atoms with van der Waals surface area (Å²) in [6.07, 6.45) is 0. The summed E-state index contributed by atoms with van der Waals surface area (Å²) in [6.45, 7) is 0. The average Bonchev–Trinajstić information content (AvgIpc) is 2.62.